The topological polar surface area (TPSA) is 68.2 Å². The Kier molecular flexibility index (Phi) is 5.15. The molecular formula is C18H24N4O2. The average molecular weight is 328 g/mol. The lowest BCUT2D eigenvalue weighted by molar-refractivity contribution is -0.119. The van der Waals surface area contributed by atoms with Gasteiger partial charge in [-0.3, -0.25) is 9.48 Å². The van der Waals surface area contributed by atoms with Gasteiger partial charge in [0, 0.05) is 44.0 Å². The first-order valence-electron chi connectivity index (χ1n) is 8.40. The molecule has 128 valence electrons. The van der Waals surface area contributed by atoms with E-state index in [4.69, 9.17) is 4.74 Å². The predicted octanol–water partition coefficient (Wildman–Crippen LogP) is 2.15. The minimum atomic E-state index is -0.102. The van der Waals surface area contributed by atoms with Crippen LogP contribution in [0.2, 0.25) is 0 Å². The lowest BCUT2D eigenvalue weighted by Gasteiger charge is -2.17. The summed E-state index contributed by atoms with van der Waals surface area (Å²) < 4.78 is 7.40. The Morgan fingerprint density at radius 3 is 3.08 bits per heavy atom. The number of aromatic nitrogens is 2. The van der Waals surface area contributed by atoms with Crippen LogP contribution in [0.3, 0.4) is 0 Å². The number of amides is 1. The number of benzene rings is 1. The van der Waals surface area contributed by atoms with Gasteiger partial charge in [-0.25, -0.2) is 0 Å². The van der Waals surface area contributed by atoms with Gasteiger partial charge in [-0.1, -0.05) is 13.0 Å². The predicted molar refractivity (Wildman–Crippen MR) is 93.2 cm³/mol. The van der Waals surface area contributed by atoms with E-state index in [1.165, 1.54) is 0 Å². The number of hydrogen-bond acceptors (Lipinski definition) is 4. The first-order valence-corrected chi connectivity index (χ1v) is 8.40. The number of aryl methyl sites for hydroxylation is 1. The molecule has 0 radical (unpaired) electrons. The molecular weight excluding hydrogens is 304 g/mol. The fraction of sp³-hybridized carbons (Fsp3) is 0.444. The third-order valence-electron chi connectivity index (χ3n) is 4.28. The Balaban J connectivity index is 1.67. The maximum atomic E-state index is 12.7. The number of carbonyl (C=O) groups is 1. The van der Waals surface area contributed by atoms with Gasteiger partial charge in [0.1, 0.15) is 5.75 Å². The smallest absolute Gasteiger partial charge is 0.229 e. The lowest BCUT2D eigenvalue weighted by atomic mass is 9.90. The van der Waals surface area contributed by atoms with Gasteiger partial charge >= 0.3 is 0 Å². The van der Waals surface area contributed by atoms with E-state index in [2.05, 4.69) is 22.7 Å². The van der Waals surface area contributed by atoms with E-state index in [1.54, 1.807) is 4.68 Å². The highest BCUT2D eigenvalue weighted by molar-refractivity contribution is 5.93. The third kappa shape index (κ3) is 3.76. The molecule has 0 spiro atoms. The number of hydrogen-bond donors (Lipinski definition) is 2. The van der Waals surface area contributed by atoms with E-state index in [0.29, 0.717) is 13.2 Å². The summed E-state index contributed by atoms with van der Waals surface area (Å²) in [6.07, 6.45) is 4.78. The second-order valence-electron chi connectivity index (χ2n) is 6.18. The molecule has 24 heavy (non-hydrogen) atoms. The molecule has 1 aliphatic heterocycles. The van der Waals surface area contributed by atoms with Crippen LogP contribution in [0, 0.1) is 5.92 Å². The summed E-state index contributed by atoms with van der Waals surface area (Å²) in [5.74, 6) is 0.858. The first-order chi connectivity index (χ1) is 11.7. The Bertz CT molecular complexity index is 698. The SMILES string of the molecule is CCCOc1cccc(NC(=O)[C@H]2CNC[C@@H]2c2cnn(C)c2)c1. The monoisotopic (exact) mass is 328 g/mol. The van der Waals surface area contributed by atoms with Gasteiger partial charge in [-0.2, -0.15) is 5.10 Å². The van der Waals surface area contributed by atoms with Crippen molar-refractivity contribution in [3.63, 3.8) is 0 Å². The minimum absolute atomic E-state index is 0.0292. The van der Waals surface area contributed by atoms with Crippen LogP contribution in [0.1, 0.15) is 24.8 Å². The average Bonchev–Trinajstić information content (AvgIpc) is 3.21. The molecule has 2 atom stereocenters. The van der Waals surface area contributed by atoms with E-state index in [1.807, 2.05) is 43.7 Å². The van der Waals surface area contributed by atoms with Crippen LogP contribution >= 0.6 is 0 Å². The maximum Gasteiger partial charge on any atom is 0.229 e. The number of nitrogens with one attached hydrogen (secondary N) is 2. The van der Waals surface area contributed by atoms with E-state index in [0.717, 1.165) is 30.0 Å². The maximum absolute atomic E-state index is 12.7. The summed E-state index contributed by atoms with van der Waals surface area (Å²) in [6, 6.07) is 7.56. The molecule has 1 aliphatic rings. The summed E-state index contributed by atoms with van der Waals surface area (Å²) in [5, 5.41) is 10.6. The highest BCUT2D eigenvalue weighted by atomic mass is 16.5. The second kappa shape index (κ2) is 7.49. The zero-order valence-corrected chi connectivity index (χ0v) is 14.2. The molecule has 1 aromatic carbocycles. The van der Waals surface area contributed by atoms with Crippen LogP contribution < -0.4 is 15.4 Å². The van der Waals surface area contributed by atoms with Crippen LogP contribution in [0.4, 0.5) is 5.69 Å². The molecule has 1 aromatic heterocycles. The van der Waals surface area contributed by atoms with Crippen molar-refractivity contribution in [2.45, 2.75) is 19.3 Å². The van der Waals surface area contributed by atoms with Crippen molar-refractivity contribution in [2.24, 2.45) is 13.0 Å². The molecule has 0 bridgehead atoms. The van der Waals surface area contributed by atoms with Crippen molar-refractivity contribution in [1.29, 1.82) is 0 Å². The normalized spacial score (nSPS) is 20.1. The summed E-state index contributed by atoms with van der Waals surface area (Å²) in [6.45, 7) is 4.21. The molecule has 2 N–H and O–H groups in total. The Labute approximate surface area is 142 Å². The highest BCUT2D eigenvalue weighted by Gasteiger charge is 2.34. The van der Waals surface area contributed by atoms with Crippen molar-refractivity contribution in [2.75, 3.05) is 25.0 Å². The minimum Gasteiger partial charge on any atom is -0.494 e. The summed E-state index contributed by atoms with van der Waals surface area (Å²) in [7, 11) is 1.89. The van der Waals surface area contributed by atoms with Gasteiger partial charge < -0.3 is 15.4 Å². The largest absolute Gasteiger partial charge is 0.494 e. The van der Waals surface area contributed by atoms with E-state index in [9.17, 15) is 4.79 Å². The third-order valence-corrected chi connectivity index (χ3v) is 4.28. The molecule has 1 saturated heterocycles. The second-order valence-corrected chi connectivity index (χ2v) is 6.18. The molecule has 0 aliphatic carbocycles. The molecule has 0 saturated carbocycles. The molecule has 2 aromatic rings. The molecule has 6 heteroatoms. The van der Waals surface area contributed by atoms with Crippen molar-refractivity contribution in [3.8, 4) is 5.75 Å². The van der Waals surface area contributed by atoms with Crippen molar-refractivity contribution < 1.29 is 9.53 Å². The number of carbonyl (C=O) groups excluding carboxylic acids is 1. The van der Waals surface area contributed by atoms with Gasteiger partial charge in [0.15, 0.2) is 0 Å². The summed E-state index contributed by atoms with van der Waals surface area (Å²) >= 11 is 0. The van der Waals surface area contributed by atoms with Gasteiger partial charge in [-0.05, 0) is 24.1 Å². The molecule has 6 nitrogen and oxygen atoms in total. The molecule has 1 fully saturated rings. The van der Waals surface area contributed by atoms with Gasteiger partial charge in [0.05, 0.1) is 18.7 Å². The zero-order valence-electron chi connectivity index (χ0n) is 14.2. The number of nitrogens with zero attached hydrogens (tertiary/aromatic N) is 2. The van der Waals surface area contributed by atoms with E-state index in [-0.39, 0.29) is 17.7 Å². The van der Waals surface area contributed by atoms with Crippen LogP contribution in [0.5, 0.6) is 5.75 Å². The molecule has 1 amide bonds. The number of ether oxygens (including phenoxy) is 1. The number of anilines is 1. The highest BCUT2D eigenvalue weighted by Crippen LogP contribution is 2.29. The Hall–Kier alpha value is -2.34. The molecule has 2 heterocycles. The molecule has 3 rings (SSSR count). The van der Waals surface area contributed by atoms with Crippen molar-refractivity contribution in [1.82, 2.24) is 15.1 Å². The summed E-state index contributed by atoms with van der Waals surface area (Å²) in [5.41, 5.74) is 1.87. The molecule has 0 unspecified atom stereocenters. The van der Waals surface area contributed by atoms with Crippen LogP contribution in [0.15, 0.2) is 36.7 Å². The summed E-state index contributed by atoms with van der Waals surface area (Å²) in [4.78, 5) is 12.7. The van der Waals surface area contributed by atoms with Crippen LogP contribution in [-0.2, 0) is 11.8 Å². The standard InChI is InChI=1S/C18H24N4O2/c1-3-7-24-15-6-4-5-14(8-15)21-18(23)17-11-19-10-16(17)13-9-20-22(2)12-13/h4-6,8-9,12,16-17,19H,3,7,10-11H2,1-2H3,(H,21,23)/t16-,17+/m1/s1. The van der Waals surface area contributed by atoms with Gasteiger partial charge in [0.2, 0.25) is 5.91 Å². The quantitative estimate of drug-likeness (QED) is 0.852. The van der Waals surface area contributed by atoms with Crippen LogP contribution in [0.25, 0.3) is 0 Å². The fourth-order valence-electron chi connectivity index (χ4n) is 3.05. The lowest BCUT2D eigenvalue weighted by Crippen LogP contribution is -2.28. The van der Waals surface area contributed by atoms with Gasteiger partial charge in [-0.15, -0.1) is 0 Å². The number of rotatable bonds is 6. The Morgan fingerprint density at radius 1 is 1.46 bits per heavy atom. The Morgan fingerprint density at radius 2 is 2.33 bits per heavy atom. The van der Waals surface area contributed by atoms with Gasteiger partial charge in [0.25, 0.3) is 0 Å². The van der Waals surface area contributed by atoms with Crippen LogP contribution in [-0.4, -0.2) is 35.4 Å². The first kappa shape index (κ1) is 16.5. The van der Waals surface area contributed by atoms with E-state index >= 15 is 0 Å². The fourth-order valence-corrected chi connectivity index (χ4v) is 3.05. The van der Waals surface area contributed by atoms with Crippen molar-refractivity contribution >= 4 is 11.6 Å². The van der Waals surface area contributed by atoms with Crippen molar-refractivity contribution in [3.05, 3.63) is 42.2 Å². The zero-order chi connectivity index (χ0) is 16.9. The van der Waals surface area contributed by atoms with E-state index < -0.39 is 0 Å².